The minimum Gasteiger partial charge on any atom is -0.480 e. The van der Waals surface area contributed by atoms with Gasteiger partial charge in [0.1, 0.15) is 6.04 Å². The lowest BCUT2D eigenvalue weighted by molar-refractivity contribution is -0.139. The molecule has 1 saturated carbocycles. The van der Waals surface area contributed by atoms with Crippen LogP contribution in [-0.4, -0.2) is 25.5 Å². The maximum atomic E-state index is 12.1. The number of nitrogens with one attached hydrogen (secondary N) is 1. The fourth-order valence-corrected chi connectivity index (χ4v) is 3.30. The van der Waals surface area contributed by atoms with Crippen molar-refractivity contribution in [2.24, 2.45) is 5.92 Å². The van der Waals surface area contributed by atoms with Gasteiger partial charge in [0.2, 0.25) is 10.0 Å². The average molecular weight is 324 g/mol. The van der Waals surface area contributed by atoms with E-state index >= 15 is 0 Å². The molecule has 0 aromatic heterocycles. The van der Waals surface area contributed by atoms with Crippen LogP contribution in [0.5, 0.6) is 0 Å². The molecule has 0 heterocycles. The predicted molar refractivity (Wildman–Crippen MR) is 70.9 cm³/mol. The number of benzene rings is 1. The lowest BCUT2D eigenvalue weighted by Crippen LogP contribution is -2.42. The smallest absolute Gasteiger partial charge is 0.322 e. The van der Waals surface area contributed by atoms with Crippen LogP contribution in [0, 0.1) is 5.92 Å². The summed E-state index contributed by atoms with van der Waals surface area (Å²) in [4.78, 5) is 10.9. The highest BCUT2D eigenvalue weighted by Crippen LogP contribution is 2.33. The minimum absolute atomic E-state index is 0.0999. The van der Waals surface area contributed by atoms with E-state index in [0.29, 0.717) is 12.8 Å². The Kier molecular flexibility index (Phi) is 4.06. The van der Waals surface area contributed by atoms with Crippen LogP contribution in [-0.2, 0) is 14.8 Å². The molecule has 2 N–H and O–H groups in total. The van der Waals surface area contributed by atoms with Gasteiger partial charge in [-0.15, -0.1) is 0 Å². The van der Waals surface area contributed by atoms with E-state index in [1.54, 1.807) is 0 Å². The molecule has 0 bridgehead atoms. The lowest BCUT2D eigenvalue weighted by Gasteiger charge is -2.14. The molecule has 19 heavy (non-hydrogen) atoms. The molecule has 1 aliphatic rings. The van der Waals surface area contributed by atoms with Gasteiger partial charge in [0.15, 0.2) is 0 Å². The number of carbonyl (C=O) groups is 1. The Hall–Kier alpha value is -0.820. The molecule has 2 rings (SSSR count). The van der Waals surface area contributed by atoms with Crippen LogP contribution in [0.25, 0.3) is 0 Å². The third-order valence-electron chi connectivity index (χ3n) is 2.84. The summed E-state index contributed by atoms with van der Waals surface area (Å²) >= 11 is 11.5. The van der Waals surface area contributed by atoms with Crippen molar-refractivity contribution < 1.29 is 18.3 Å². The van der Waals surface area contributed by atoms with E-state index in [4.69, 9.17) is 28.3 Å². The summed E-state index contributed by atoms with van der Waals surface area (Å²) in [7, 11) is -3.92. The van der Waals surface area contributed by atoms with Crippen molar-refractivity contribution in [2.75, 3.05) is 0 Å². The first-order valence-corrected chi connectivity index (χ1v) is 7.75. The quantitative estimate of drug-likeness (QED) is 0.869. The zero-order valence-electron chi connectivity index (χ0n) is 9.64. The molecule has 1 aromatic carbocycles. The number of carboxylic acids is 1. The van der Waals surface area contributed by atoms with E-state index in [1.165, 1.54) is 18.2 Å². The molecule has 1 atom stereocenters. The van der Waals surface area contributed by atoms with Gasteiger partial charge in [-0.1, -0.05) is 23.2 Å². The van der Waals surface area contributed by atoms with Gasteiger partial charge in [0.25, 0.3) is 0 Å². The molecule has 1 aromatic rings. The Labute approximate surface area is 120 Å². The monoisotopic (exact) mass is 323 g/mol. The summed E-state index contributed by atoms with van der Waals surface area (Å²) in [6.45, 7) is 0. The van der Waals surface area contributed by atoms with Gasteiger partial charge in [0, 0.05) is 0 Å². The molecule has 0 radical (unpaired) electrons. The molecule has 1 unspecified atom stereocenters. The van der Waals surface area contributed by atoms with E-state index in [9.17, 15) is 13.2 Å². The third kappa shape index (κ3) is 3.39. The molecule has 8 heteroatoms. The summed E-state index contributed by atoms with van der Waals surface area (Å²) in [5, 5.41) is 9.35. The normalized spacial score (nSPS) is 17.2. The second-order valence-corrected chi connectivity index (χ2v) is 6.88. The van der Waals surface area contributed by atoms with Crippen LogP contribution in [0.15, 0.2) is 23.1 Å². The Bertz CT molecular complexity index is 613. The molecule has 5 nitrogen and oxygen atoms in total. The van der Waals surface area contributed by atoms with Crippen molar-refractivity contribution in [1.82, 2.24) is 4.72 Å². The molecular weight excluding hydrogens is 313 g/mol. The van der Waals surface area contributed by atoms with E-state index in [1.807, 2.05) is 0 Å². The predicted octanol–water partition coefficient (Wildman–Crippen LogP) is 2.13. The van der Waals surface area contributed by atoms with Crippen molar-refractivity contribution in [3.05, 3.63) is 28.2 Å². The van der Waals surface area contributed by atoms with Gasteiger partial charge in [-0.05, 0) is 37.0 Å². The van der Waals surface area contributed by atoms with Crippen LogP contribution in [0.1, 0.15) is 12.8 Å². The molecule has 0 saturated heterocycles. The van der Waals surface area contributed by atoms with E-state index in [0.717, 1.165) is 0 Å². The molecule has 104 valence electrons. The molecule has 0 amide bonds. The van der Waals surface area contributed by atoms with Gasteiger partial charge in [0.05, 0.1) is 14.9 Å². The Morgan fingerprint density at radius 3 is 2.42 bits per heavy atom. The highest BCUT2D eigenvalue weighted by molar-refractivity contribution is 7.89. The zero-order valence-corrected chi connectivity index (χ0v) is 12.0. The first kappa shape index (κ1) is 14.6. The maximum Gasteiger partial charge on any atom is 0.322 e. The van der Waals surface area contributed by atoms with Crippen molar-refractivity contribution in [2.45, 2.75) is 23.8 Å². The molecule has 1 fully saturated rings. The summed E-state index contributed by atoms with van der Waals surface area (Å²) in [5.41, 5.74) is 0. The Morgan fingerprint density at radius 2 is 1.95 bits per heavy atom. The van der Waals surface area contributed by atoms with Crippen LogP contribution >= 0.6 is 23.2 Å². The molecule has 1 aliphatic carbocycles. The van der Waals surface area contributed by atoms with Crippen LogP contribution in [0.3, 0.4) is 0 Å². The number of hydrogen-bond donors (Lipinski definition) is 2. The van der Waals surface area contributed by atoms with Gasteiger partial charge in [-0.3, -0.25) is 4.79 Å². The summed E-state index contributed by atoms with van der Waals surface area (Å²) in [5.74, 6) is -1.32. The van der Waals surface area contributed by atoms with Gasteiger partial charge in [-0.2, -0.15) is 4.72 Å². The zero-order chi connectivity index (χ0) is 14.2. The number of aliphatic carboxylic acids is 1. The summed E-state index contributed by atoms with van der Waals surface area (Å²) in [6, 6.07) is 2.73. The van der Waals surface area contributed by atoms with Gasteiger partial charge < -0.3 is 5.11 Å². The highest BCUT2D eigenvalue weighted by atomic mass is 35.5. The van der Waals surface area contributed by atoms with E-state index < -0.39 is 22.0 Å². The van der Waals surface area contributed by atoms with Crippen molar-refractivity contribution in [3.8, 4) is 0 Å². The second-order valence-electron chi connectivity index (χ2n) is 4.35. The standard InChI is InChI=1S/C11H11Cl2NO4S/c12-8-4-3-7(5-9(8)13)19(17,18)14-10(11(15)16)6-1-2-6/h3-6,10,14H,1-2H2,(H,15,16). The number of halogens is 2. The summed E-state index contributed by atoms with van der Waals surface area (Å²) < 4.78 is 26.3. The van der Waals surface area contributed by atoms with Crippen molar-refractivity contribution in [1.29, 1.82) is 0 Å². The number of hydrogen-bond acceptors (Lipinski definition) is 3. The third-order valence-corrected chi connectivity index (χ3v) is 5.02. The first-order chi connectivity index (χ1) is 8.81. The highest BCUT2D eigenvalue weighted by Gasteiger charge is 2.39. The molecule has 0 aliphatic heterocycles. The molecule has 0 spiro atoms. The lowest BCUT2D eigenvalue weighted by atomic mass is 10.2. The van der Waals surface area contributed by atoms with Crippen LogP contribution < -0.4 is 4.72 Å². The SMILES string of the molecule is O=C(O)C(NS(=O)(=O)c1ccc(Cl)c(Cl)c1)C1CC1. The Balaban J connectivity index is 2.26. The fourth-order valence-electron chi connectivity index (χ4n) is 1.66. The first-order valence-electron chi connectivity index (χ1n) is 5.51. The Morgan fingerprint density at radius 1 is 1.32 bits per heavy atom. The summed E-state index contributed by atoms with van der Waals surface area (Å²) in [6.07, 6.45) is 1.42. The van der Waals surface area contributed by atoms with Crippen molar-refractivity contribution in [3.63, 3.8) is 0 Å². The van der Waals surface area contributed by atoms with Crippen molar-refractivity contribution >= 4 is 39.2 Å². The number of sulfonamides is 1. The van der Waals surface area contributed by atoms with Gasteiger partial charge >= 0.3 is 5.97 Å². The van der Waals surface area contributed by atoms with E-state index in [-0.39, 0.29) is 20.9 Å². The van der Waals surface area contributed by atoms with Gasteiger partial charge in [-0.25, -0.2) is 8.42 Å². The second kappa shape index (κ2) is 5.28. The minimum atomic E-state index is -3.92. The maximum absolute atomic E-state index is 12.1. The topological polar surface area (TPSA) is 83.5 Å². The van der Waals surface area contributed by atoms with Crippen LogP contribution in [0.4, 0.5) is 0 Å². The number of rotatable bonds is 5. The average Bonchev–Trinajstić information content (AvgIpc) is 3.13. The van der Waals surface area contributed by atoms with E-state index in [2.05, 4.69) is 4.72 Å². The van der Waals surface area contributed by atoms with Crippen LogP contribution in [0.2, 0.25) is 10.0 Å². The largest absolute Gasteiger partial charge is 0.480 e. The number of carboxylic acid groups (broad SMARTS) is 1. The fraction of sp³-hybridized carbons (Fsp3) is 0.364. The molecular formula is C11H11Cl2NO4S.